The van der Waals surface area contributed by atoms with Gasteiger partial charge in [-0.2, -0.15) is 18.3 Å². The monoisotopic (exact) mass is 585 g/mol. The highest BCUT2D eigenvalue weighted by Crippen LogP contribution is 2.46. The Labute approximate surface area is 234 Å². The number of alkyl halides is 3. The molecule has 202 valence electrons. The van der Waals surface area contributed by atoms with Crippen molar-refractivity contribution in [3.63, 3.8) is 0 Å². The molecule has 1 amide bonds. The van der Waals surface area contributed by atoms with Gasteiger partial charge in [-0.15, -0.1) is 0 Å². The normalized spacial score (nSPS) is 13.7. The van der Waals surface area contributed by atoms with Crippen LogP contribution in [0, 0.1) is 0 Å². The molecule has 0 fully saturated rings. The van der Waals surface area contributed by atoms with E-state index in [1.807, 2.05) is 0 Å². The van der Waals surface area contributed by atoms with Gasteiger partial charge < -0.3 is 15.5 Å². The van der Waals surface area contributed by atoms with E-state index in [0.29, 0.717) is 11.1 Å². The third-order valence-corrected chi connectivity index (χ3v) is 6.55. The zero-order valence-corrected chi connectivity index (χ0v) is 21.5. The van der Waals surface area contributed by atoms with Crippen LogP contribution in [0.5, 0.6) is 5.75 Å². The van der Waals surface area contributed by atoms with Crippen LogP contribution in [0.3, 0.4) is 0 Å². The molecule has 12 heteroatoms. The van der Waals surface area contributed by atoms with Gasteiger partial charge in [0.15, 0.2) is 5.71 Å². The second-order valence-electron chi connectivity index (χ2n) is 8.68. The van der Waals surface area contributed by atoms with Crippen molar-refractivity contribution >= 4 is 52.2 Å². The summed E-state index contributed by atoms with van der Waals surface area (Å²) in [5, 5.41) is 26.9. The number of rotatable bonds is 5. The molecule has 0 spiro atoms. The Hall–Kier alpha value is -4.54. The van der Waals surface area contributed by atoms with E-state index in [1.54, 1.807) is 18.2 Å². The van der Waals surface area contributed by atoms with Crippen molar-refractivity contribution in [2.24, 2.45) is 5.10 Å². The molecule has 0 aromatic heterocycles. The fourth-order valence-electron chi connectivity index (χ4n) is 4.37. The number of benzene rings is 4. The number of nitrogens with zero attached hydrogens (tertiary/aromatic N) is 1. The lowest BCUT2D eigenvalue weighted by Crippen LogP contribution is -2.16. The summed E-state index contributed by atoms with van der Waals surface area (Å²) >= 11 is 12.1. The number of nitrogens with one attached hydrogen (secondary N) is 2. The molecule has 0 atom stereocenters. The number of hydrazone groups is 1. The number of halogens is 5. The van der Waals surface area contributed by atoms with E-state index in [4.69, 9.17) is 23.2 Å². The highest BCUT2D eigenvalue weighted by Gasteiger charge is 2.39. The number of para-hydroxylation sites is 1. The minimum Gasteiger partial charge on any atom is -0.505 e. The highest BCUT2D eigenvalue weighted by molar-refractivity contribution is 6.54. The lowest BCUT2D eigenvalue weighted by molar-refractivity contribution is -0.137. The Balaban J connectivity index is 1.57. The van der Waals surface area contributed by atoms with E-state index < -0.39 is 23.6 Å². The van der Waals surface area contributed by atoms with Gasteiger partial charge in [0.05, 0.1) is 22.5 Å². The number of aromatic carboxylic acids is 1. The summed E-state index contributed by atoms with van der Waals surface area (Å²) in [5.74, 6) is -2.20. The maximum absolute atomic E-state index is 14.0. The van der Waals surface area contributed by atoms with Gasteiger partial charge >= 0.3 is 12.1 Å². The van der Waals surface area contributed by atoms with E-state index >= 15 is 0 Å². The number of carboxylic acids is 1. The zero-order valence-electron chi connectivity index (χ0n) is 20.0. The van der Waals surface area contributed by atoms with Crippen LogP contribution in [0.15, 0.2) is 77.9 Å². The van der Waals surface area contributed by atoms with Gasteiger partial charge in [-0.3, -0.25) is 10.2 Å². The van der Waals surface area contributed by atoms with Gasteiger partial charge in [0.2, 0.25) is 0 Å². The van der Waals surface area contributed by atoms with Gasteiger partial charge in [0.25, 0.3) is 5.91 Å². The minimum atomic E-state index is -4.76. The molecule has 5 rings (SSSR count). The molecule has 1 aliphatic heterocycles. The first-order valence-corrected chi connectivity index (χ1v) is 12.2. The van der Waals surface area contributed by atoms with Gasteiger partial charge in [-0.1, -0.05) is 47.5 Å². The predicted octanol–water partition coefficient (Wildman–Crippen LogP) is 7.52. The first-order valence-electron chi connectivity index (χ1n) is 11.5. The Morgan fingerprint density at radius 2 is 1.60 bits per heavy atom. The lowest BCUT2D eigenvalue weighted by atomic mass is 9.94. The van der Waals surface area contributed by atoms with Crippen LogP contribution in [-0.2, 0) is 11.0 Å². The molecule has 0 bridgehead atoms. The third kappa shape index (κ3) is 5.06. The molecule has 1 heterocycles. The summed E-state index contributed by atoms with van der Waals surface area (Å²) in [6.45, 7) is 0. The van der Waals surface area contributed by atoms with Crippen LogP contribution in [-0.4, -0.2) is 27.8 Å². The molecule has 1 aliphatic rings. The quantitative estimate of drug-likeness (QED) is 0.143. The molecule has 0 radical (unpaired) electrons. The SMILES string of the molecule is O=C1Nc2c(ccc(C(F)(F)F)c2-c2cc(Cl)cc(Cl)c2)C1=NNc1cccc(-c2cccc(C(=O)O)c2)c1O. The van der Waals surface area contributed by atoms with Gasteiger partial charge in [-0.25, -0.2) is 4.79 Å². The number of hydrogen-bond donors (Lipinski definition) is 4. The Morgan fingerprint density at radius 3 is 2.27 bits per heavy atom. The van der Waals surface area contributed by atoms with Gasteiger partial charge in [0.1, 0.15) is 5.75 Å². The molecular weight excluding hydrogens is 570 g/mol. The Bertz CT molecular complexity index is 1720. The maximum atomic E-state index is 14.0. The summed E-state index contributed by atoms with van der Waals surface area (Å²) in [5.41, 5.74) is 1.84. The first kappa shape index (κ1) is 27.0. The molecule has 4 N–H and O–H groups in total. The van der Waals surface area contributed by atoms with Crippen molar-refractivity contribution < 1.29 is 33.0 Å². The molecular formula is C28H16Cl2F3N3O4. The predicted molar refractivity (Wildman–Crippen MR) is 146 cm³/mol. The van der Waals surface area contributed by atoms with Crippen LogP contribution in [0.25, 0.3) is 22.3 Å². The number of carboxylic acid groups (broad SMARTS) is 1. The number of fused-ring (bicyclic) bond motifs is 1. The van der Waals surface area contributed by atoms with Crippen molar-refractivity contribution in [1.29, 1.82) is 0 Å². The molecule has 0 saturated carbocycles. The molecule has 40 heavy (non-hydrogen) atoms. The fourth-order valence-corrected chi connectivity index (χ4v) is 4.90. The van der Waals surface area contributed by atoms with Gasteiger partial charge in [-0.05, 0) is 59.7 Å². The van der Waals surface area contributed by atoms with Crippen molar-refractivity contribution in [2.45, 2.75) is 6.18 Å². The average molecular weight is 586 g/mol. The fraction of sp³-hybridized carbons (Fsp3) is 0.0357. The van der Waals surface area contributed by atoms with E-state index in [-0.39, 0.29) is 55.1 Å². The second-order valence-corrected chi connectivity index (χ2v) is 9.55. The smallest absolute Gasteiger partial charge is 0.417 e. The van der Waals surface area contributed by atoms with Crippen LogP contribution in [0.1, 0.15) is 21.5 Å². The van der Waals surface area contributed by atoms with Crippen molar-refractivity contribution in [2.75, 3.05) is 10.7 Å². The number of carbonyl (C=O) groups is 2. The average Bonchev–Trinajstić information content (AvgIpc) is 3.21. The standard InChI is InChI=1S/C28H16Cl2F3N3O4/c29-16-10-15(11-17(30)12-16)22-20(28(31,32)33)8-7-19-23(22)34-26(38)24(19)36-35-21-6-2-5-18(25(21)37)13-3-1-4-14(9-13)27(39)40/h1-12,35,37H,(H,39,40)(H,34,36,38). The summed E-state index contributed by atoms with van der Waals surface area (Å²) in [4.78, 5) is 24.2. The molecule has 4 aromatic rings. The minimum absolute atomic E-state index is 0.0183. The first-order chi connectivity index (χ1) is 18.9. The largest absolute Gasteiger partial charge is 0.505 e. The topological polar surface area (TPSA) is 111 Å². The van der Waals surface area contributed by atoms with Crippen LogP contribution in [0.2, 0.25) is 10.0 Å². The van der Waals surface area contributed by atoms with Gasteiger partial charge in [0, 0.05) is 26.7 Å². The van der Waals surface area contributed by atoms with Crippen LogP contribution >= 0.6 is 23.2 Å². The Kier molecular flexibility index (Phi) is 6.91. The summed E-state index contributed by atoms with van der Waals surface area (Å²) in [6, 6.07) is 16.5. The number of carbonyl (C=O) groups excluding carboxylic acids is 1. The van der Waals surface area contributed by atoms with Crippen molar-refractivity contribution in [3.8, 4) is 28.0 Å². The maximum Gasteiger partial charge on any atom is 0.417 e. The van der Waals surface area contributed by atoms with E-state index in [2.05, 4.69) is 15.8 Å². The Morgan fingerprint density at radius 1 is 0.900 bits per heavy atom. The van der Waals surface area contributed by atoms with Crippen LogP contribution < -0.4 is 10.7 Å². The summed E-state index contributed by atoms with van der Waals surface area (Å²) in [6.07, 6.45) is -4.76. The van der Waals surface area contributed by atoms with Crippen LogP contribution in [0.4, 0.5) is 24.5 Å². The molecule has 4 aromatic carbocycles. The van der Waals surface area contributed by atoms with E-state index in [0.717, 1.165) is 12.1 Å². The molecule has 7 nitrogen and oxygen atoms in total. The van der Waals surface area contributed by atoms with E-state index in [1.165, 1.54) is 42.5 Å². The number of aromatic hydroxyl groups is 1. The summed E-state index contributed by atoms with van der Waals surface area (Å²) < 4.78 is 41.9. The van der Waals surface area contributed by atoms with Crippen molar-refractivity contribution in [1.82, 2.24) is 0 Å². The lowest BCUT2D eigenvalue weighted by Gasteiger charge is -2.17. The second kappa shape index (κ2) is 10.2. The van der Waals surface area contributed by atoms with E-state index in [9.17, 15) is 33.0 Å². The summed E-state index contributed by atoms with van der Waals surface area (Å²) in [7, 11) is 0. The number of anilines is 2. The number of phenolic OH excluding ortho intramolecular Hbond substituents is 1. The number of phenols is 1. The third-order valence-electron chi connectivity index (χ3n) is 6.12. The number of amides is 1. The zero-order chi connectivity index (χ0) is 28.8. The number of hydrogen-bond acceptors (Lipinski definition) is 5. The highest BCUT2D eigenvalue weighted by atomic mass is 35.5. The molecule has 0 aliphatic carbocycles. The molecule has 0 unspecified atom stereocenters. The van der Waals surface area contributed by atoms with Crippen molar-refractivity contribution in [3.05, 3.63) is 99.5 Å². The molecule has 0 saturated heterocycles.